The van der Waals surface area contributed by atoms with Gasteiger partial charge in [0.25, 0.3) is 0 Å². The van der Waals surface area contributed by atoms with E-state index in [9.17, 15) is 0 Å². The lowest BCUT2D eigenvalue weighted by Crippen LogP contribution is -2.41. The largest absolute Gasteiger partial charge is 0.420 e. The molecule has 0 spiro atoms. The van der Waals surface area contributed by atoms with E-state index in [-0.39, 0.29) is 0 Å². The van der Waals surface area contributed by atoms with E-state index >= 15 is 0 Å². The van der Waals surface area contributed by atoms with Crippen LogP contribution in [0.4, 0.5) is 0 Å². The van der Waals surface area contributed by atoms with Gasteiger partial charge in [0.05, 0.1) is 0 Å². The molecule has 0 aliphatic heterocycles. The van der Waals surface area contributed by atoms with E-state index in [1.54, 1.807) is 0 Å². The Kier molecular flexibility index (Phi) is 4.44. The molecule has 0 rings (SSSR count). The van der Waals surface area contributed by atoms with Crippen molar-refractivity contribution in [2.24, 2.45) is 5.73 Å². The SMILES string of the molecule is CO[Si](C)(C)C(C)(C)CCCN. The third kappa shape index (κ3) is 2.88. The maximum atomic E-state index is 5.60. The van der Waals surface area contributed by atoms with Gasteiger partial charge >= 0.3 is 0 Å². The molecule has 0 unspecified atom stereocenters. The lowest BCUT2D eigenvalue weighted by atomic mass is 10.1. The van der Waals surface area contributed by atoms with Gasteiger partial charge in [-0.25, -0.2) is 0 Å². The average molecular weight is 189 g/mol. The van der Waals surface area contributed by atoms with Crippen molar-refractivity contribution in [3.05, 3.63) is 0 Å². The maximum Gasteiger partial charge on any atom is 0.191 e. The third-order valence-electron chi connectivity index (χ3n) is 3.15. The van der Waals surface area contributed by atoms with E-state index in [2.05, 4.69) is 26.9 Å². The molecule has 0 saturated carbocycles. The monoisotopic (exact) mass is 189 g/mol. The van der Waals surface area contributed by atoms with E-state index in [0.29, 0.717) is 5.04 Å². The van der Waals surface area contributed by atoms with Crippen LogP contribution in [0.2, 0.25) is 18.1 Å². The molecule has 0 amide bonds. The van der Waals surface area contributed by atoms with Crippen LogP contribution in [0.1, 0.15) is 26.7 Å². The highest BCUT2D eigenvalue weighted by Crippen LogP contribution is 2.41. The van der Waals surface area contributed by atoms with Gasteiger partial charge in [0.1, 0.15) is 0 Å². The lowest BCUT2D eigenvalue weighted by Gasteiger charge is -2.38. The van der Waals surface area contributed by atoms with Crippen LogP contribution in [-0.2, 0) is 4.43 Å². The molecular weight excluding hydrogens is 166 g/mol. The van der Waals surface area contributed by atoms with Gasteiger partial charge in [0.2, 0.25) is 0 Å². The molecule has 0 radical (unpaired) electrons. The summed E-state index contributed by atoms with van der Waals surface area (Å²) in [7, 11) is 0.332. The summed E-state index contributed by atoms with van der Waals surface area (Å²) < 4.78 is 5.60. The zero-order chi connectivity index (χ0) is 9.83. The minimum atomic E-state index is -1.50. The molecule has 2 nitrogen and oxygen atoms in total. The predicted octanol–water partition coefficient (Wildman–Crippen LogP) is 2.36. The van der Waals surface area contributed by atoms with Crippen LogP contribution in [0.25, 0.3) is 0 Å². The van der Waals surface area contributed by atoms with Crippen LogP contribution >= 0.6 is 0 Å². The van der Waals surface area contributed by atoms with Gasteiger partial charge in [-0.15, -0.1) is 0 Å². The summed E-state index contributed by atoms with van der Waals surface area (Å²) in [6.07, 6.45) is 2.28. The summed E-state index contributed by atoms with van der Waals surface area (Å²) in [5.74, 6) is 0. The van der Waals surface area contributed by atoms with E-state index in [1.165, 1.54) is 6.42 Å². The van der Waals surface area contributed by atoms with Gasteiger partial charge in [0.15, 0.2) is 8.32 Å². The van der Waals surface area contributed by atoms with Crippen LogP contribution in [0.5, 0.6) is 0 Å². The molecule has 74 valence electrons. The summed E-state index contributed by atoms with van der Waals surface area (Å²) in [6, 6.07) is 0. The third-order valence-corrected chi connectivity index (χ3v) is 7.68. The second kappa shape index (κ2) is 4.39. The fraction of sp³-hybridized carbons (Fsp3) is 1.00. The Hall–Kier alpha value is 0.137. The first-order valence-corrected chi connectivity index (χ1v) is 7.53. The lowest BCUT2D eigenvalue weighted by molar-refractivity contribution is 0.357. The average Bonchev–Trinajstić information content (AvgIpc) is 2.00. The second-order valence-electron chi connectivity index (χ2n) is 4.49. The topological polar surface area (TPSA) is 35.2 Å². The Morgan fingerprint density at radius 3 is 2.17 bits per heavy atom. The smallest absolute Gasteiger partial charge is 0.191 e. The van der Waals surface area contributed by atoms with Crippen LogP contribution < -0.4 is 5.73 Å². The number of hydrogen-bond acceptors (Lipinski definition) is 2. The highest BCUT2D eigenvalue weighted by molar-refractivity contribution is 6.74. The standard InChI is InChI=1S/C9H23NOSi/c1-9(2,7-6-8-10)12(4,5)11-3/h6-8,10H2,1-5H3. The van der Waals surface area contributed by atoms with Crippen molar-refractivity contribution in [2.45, 2.75) is 44.8 Å². The Morgan fingerprint density at radius 1 is 1.33 bits per heavy atom. The molecule has 0 fully saturated rings. The van der Waals surface area contributed by atoms with Crippen molar-refractivity contribution in [1.29, 1.82) is 0 Å². The van der Waals surface area contributed by atoms with Gasteiger partial charge in [-0.1, -0.05) is 13.8 Å². The van der Waals surface area contributed by atoms with Gasteiger partial charge in [-0.3, -0.25) is 0 Å². The summed E-state index contributed by atoms with van der Waals surface area (Å²) in [6.45, 7) is 9.90. The second-order valence-corrected chi connectivity index (χ2v) is 9.27. The van der Waals surface area contributed by atoms with Crippen molar-refractivity contribution < 1.29 is 4.43 Å². The fourth-order valence-corrected chi connectivity index (χ4v) is 2.45. The highest BCUT2D eigenvalue weighted by atomic mass is 28.4. The summed E-state index contributed by atoms with van der Waals surface area (Å²) in [5.41, 5.74) is 5.50. The molecule has 0 bridgehead atoms. The normalized spacial score (nSPS) is 13.5. The first kappa shape index (κ1) is 12.1. The molecule has 3 heteroatoms. The Balaban J connectivity index is 4.17. The van der Waals surface area contributed by atoms with Crippen molar-refractivity contribution in [3.8, 4) is 0 Å². The predicted molar refractivity (Wildman–Crippen MR) is 56.8 cm³/mol. The molecule has 0 aliphatic carbocycles. The van der Waals surface area contributed by atoms with Gasteiger partial charge < -0.3 is 10.2 Å². The Morgan fingerprint density at radius 2 is 1.83 bits per heavy atom. The summed E-state index contributed by atoms with van der Waals surface area (Å²) >= 11 is 0. The fourth-order valence-electron chi connectivity index (χ4n) is 1.12. The quantitative estimate of drug-likeness (QED) is 0.674. The molecule has 0 heterocycles. The number of rotatable bonds is 5. The zero-order valence-corrected chi connectivity index (χ0v) is 10.1. The van der Waals surface area contributed by atoms with Crippen molar-refractivity contribution in [2.75, 3.05) is 13.7 Å². The molecule has 0 aromatic carbocycles. The van der Waals surface area contributed by atoms with Gasteiger partial charge in [0, 0.05) is 7.11 Å². The van der Waals surface area contributed by atoms with Gasteiger partial charge in [-0.2, -0.15) is 0 Å². The van der Waals surface area contributed by atoms with Crippen LogP contribution in [0.15, 0.2) is 0 Å². The maximum absolute atomic E-state index is 5.60. The summed E-state index contributed by atoms with van der Waals surface area (Å²) in [4.78, 5) is 0. The number of nitrogens with two attached hydrogens (primary N) is 1. The summed E-state index contributed by atoms with van der Waals surface area (Å²) in [5, 5.41) is 0.334. The zero-order valence-electron chi connectivity index (χ0n) is 9.11. The van der Waals surface area contributed by atoms with Crippen LogP contribution in [0.3, 0.4) is 0 Å². The molecule has 2 N–H and O–H groups in total. The van der Waals surface area contributed by atoms with Crippen molar-refractivity contribution >= 4 is 8.32 Å². The Labute approximate surface area is 77.6 Å². The van der Waals surface area contributed by atoms with Crippen molar-refractivity contribution in [1.82, 2.24) is 0 Å². The molecule has 0 aliphatic rings. The highest BCUT2D eigenvalue weighted by Gasteiger charge is 2.39. The molecule has 0 aromatic heterocycles. The van der Waals surface area contributed by atoms with E-state index in [1.807, 2.05) is 7.11 Å². The Bertz CT molecular complexity index is 134. The van der Waals surface area contributed by atoms with Gasteiger partial charge in [-0.05, 0) is 37.5 Å². The molecule has 0 aromatic rings. The van der Waals surface area contributed by atoms with E-state index in [0.717, 1.165) is 13.0 Å². The van der Waals surface area contributed by atoms with E-state index < -0.39 is 8.32 Å². The molecule has 0 saturated heterocycles. The minimum absolute atomic E-state index is 0.334. The molecule has 0 atom stereocenters. The van der Waals surface area contributed by atoms with E-state index in [4.69, 9.17) is 10.2 Å². The van der Waals surface area contributed by atoms with Crippen LogP contribution in [-0.4, -0.2) is 22.0 Å². The molecule has 12 heavy (non-hydrogen) atoms. The van der Waals surface area contributed by atoms with Crippen LogP contribution in [0, 0.1) is 0 Å². The number of hydrogen-bond donors (Lipinski definition) is 1. The van der Waals surface area contributed by atoms with Crippen molar-refractivity contribution in [3.63, 3.8) is 0 Å². The minimum Gasteiger partial charge on any atom is -0.420 e. The first-order valence-electron chi connectivity index (χ1n) is 4.62. The molecular formula is C9H23NOSi. The first-order chi connectivity index (χ1) is 5.37.